The number of hydrogen-bond donors (Lipinski definition) is 2. The summed E-state index contributed by atoms with van der Waals surface area (Å²) in [6.07, 6.45) is 0. The van der Waals surface area contributed by atoms with Crippen LogP contribution in [-0.2, 0) is 14.3 Å². The molecule has 1 aromatic carbocycles. The largest absolute Gasteiger partial charge is 0.452 e. The second kappa shape index (κ2) is 7.50. The molecule has 2 amide bonds. The molecule has 0 fully saturated rings. The van der Waals surface area contributed by atoms with Crippen LogP contribution in [0.5, 0.6) is 0 Å². The van der Waals surface area contributed by atoms with Crippen LogP contribution in [0.15, 0.2) is 23.1 Å². The molecule has 0 spiro atoms. The summed E-state index contributed by atoms with van der Waals surface area (Å²) in [4.78, 5) is 36.0. The van der Waals surface area contributed by atoms with Gasteiger partial charge in [0.1, 0.15) is 0 Å². The van der Waals surface area contributed by atoms with Gasteiger partial charge in [-0.1, -0.05) is 13.8 Å². The minimum absolute atomic E-state index is 0.0113. The molecule has 124 valence electrons. The van der Waals surface area contributed by atoms with Crippen LogP contribution in [0.25, 0.3) is 0 Å². The monoisotopic (exact) mass is 336 g/mol. The summed E-state index contributed by atoms with van der Waals surface area (Å²) in [7, 11) is 0. The zero-order valence-electron chi connectivity index (χ0n) is 13.3. The maximum absolute atomic E-state index is 12.0. The molecule has 0 bridgehead atoms. The van der Waals surface area contributed by atoms with E-state index < -0.39 is 5.97 Å². The second-order valence-corrected chi connectivity index (χ2v) is 6.74. The molecular formula is C16H20N2O4S. The Morgan fingerprint density at radius 2 is 2.09 bits per heavy atom. The minimum Gasteiger partial charge on any atom is -0.452 e. The smallest absolute Gasteiger partial charge is 0.338 e. The normalized spacial score (nSPS) is 14.7. The number of nitrogens with one attached hydrogen (secondary N) is 2. The number of hydrogen-bond acceptors (Lipinski definition) is 5. The average Bonchev–Trinajstić information content (AvgIpc) is 2.51. The summed E-state index contributed by atoms with van der Waals surface area (Å²) in [5.74, 6) is -0.358. The van der Waals surface area contributed by atoms with Crippen molar-refractivity contribution in [2.75, 3.05) is 17.7 Å². The molecule has 0 aromatic heterocycles. The van der Waals surface area contributed by atoms with Crippen LogP contribution >= 0.6 is 11.8 Å². The van der Waals surface area contributed by atoms with Crippen molar-refractivity contribution in [2.24, 2.45) is 5.92 Å². The molecule has 0 aliphatic carbocycles. The van der Waals surface area contributed by atoms with Gasteiger partial charge in [0, 0.05) is 10.9 Å². The Morgan fingerprint density at radius 3 is 2.78 bits per heavy atom. The highest BCUT2D eigenvalue weighted by atomic mass is 32.2. The van der Waals surface area contributed by atoms with Crippen molar-refractivity contribution in [3.63, 3.8) is 0 Å². The molecule has 0 saturated carbocycles. The lowest BCUT2D eigenvalue weighted by atomic mass is 10.1. The molecule has 1 heterocycles. The third kappa shape index (κ3) is 4.72. The van der Waals surface area contributed by atoms with Crippen molar-refractivity contribution >= 4 is 35.2 Å². The highest BCUT2D eigenvalue weighted by Crippen LogP contribution is 2.32. The van der Waals surface area contributed by atoms with E-state index >= 15 is 0 Å². The molecule has 2 rings (SSSR count). The molecule has 0 unspecified atom stereocenters. The molecule has 6 nitrogen and oxygen atoms in total. The molecule has 0 radical (unpaired) electrons. The number of thioether (sulfide) groups is 1. The molecule has 23 heavy (non-hydrogen) atoms. The van der Waals surface area contributed by atoms with Crippen molar-refractivity contribution in [3.8, 4) is 0 Å². The molecule has 7 heteroatoms. The van der Waals surface area contributed by atoms with Crippen LogP contribution in [0.4, 0.5) is 5.69 Å². The molecule has 1 atom stereocenters. The van der Waals surface area contributed by atoms with E-state index in [0.29, 0.717) is 22.9 Å². The minimum atomic E-state index is -0.593. The number of ether oxygens (including phenoxy) is 1. The second-order valence-electron chi connectivity index (χ2n) is 5.72. The fourth-order valence-corrected chi connectivity index (χ4v) is 2.68. The average molecular weight is 336 g/mol. The Kier molecular flexibility index (Phi) is 5.65. The lowest BCUT2D eigenvalue weighted by molar-refractivity contribution is -0.125. The number of anilines is 1. The first kappa shape index (κ1) is 17.3. The topological polar surface area (TPSA) is 84.5 Å². The van der Waals surface area contributed by atoms with Crippen LogP contribution in [0.3, 0.4) is 0 Å². The Hall–Kier alpha value is -2.02. The fraction of sp³-hybridized carbons (Fsp3) is 0.438. The van der Waals surface area contributed by atoms with Crippen LogP contribution in [0.2, 0.25) is 0 Å². The number of carbonyl (C=O) groups excluding carboxylic acids is 3. The maximum atomic E-state index is 12.0. The summed E-state index contributed by atoms with van der Waals surface area (Å²) < 4.78 is 5.02. The van der Waals surface area contributed by atoms with Gasteiger partial charge in [0.15, 0.2) is 6.61 Å². The van der Waals surface area contributed by atoms with Gasteiger partial charge in [-0.15, -0.1) is 11.8 Å². The number of carbonyl (C=O) groups is 3. The Morgan fingerprint density at radius 1 is 1.35 bits per heavy atom. The maximum Gasteiger partial charge on any atom is 0.338 e. The van der Waals surface area contributed by atoms with E-state index in [0.717, 1.165) is 4.90 Å². The molecule has 1 aliphatic rings. The van der Waals surface area contributed by atoms with Gasteiger partial charge in [-0.25, -0.2) is 4.79 Å². The van der Waals surface area contributed by atoms with Gasteiger partial charge >= 0.3 is 5.97 Å². The van der Waals surface area contributed by atoms with Crippen molar-refractivity contribution < 1.29 is 19.1 Å². The number of benzene rings is 1. The standard InChI is InChI=1S/C16H20N2O4S/c1-9(2)10(3)17-14(19)7-22-16(21)11-4-5-13-12(6-11)18-15(20)8-23-13/h4-6,9-10H,7-8H2,1-3H3,(H,17,19)(H,18,20)/t10-/m1/s1. The molecule has 2 N–H and O–H groups in total. The third-order valence-corrected chi connectivity index (χ3v) is 4.64. The molecule has 0 saturated heterocycles. The first-order valence-electron chi connectivity index (χ1n) is 7.40. The van der Waals surface area contributed by atoms with E-state index in [-0.39, 0.29) is 24.5 Å². The number of esters is 1. The molecule has 1 aliphatic heterocycles. The lowest BCUT2D eigenvalue weighted by Gasteiger charge is -2.18. The van der Waals surface area contributed by atoms with Crippen molar-refractivity contribution in [2.45, 2.75) is 31.7 Å². The van der Waals surface area contributed by atoms with Gasteiger partial charge in [0.25, 0.3) is 5.91 Å². The zero-order chi connectivity index (χ0) is 17.0. The Labute approximate surface area is 139 Å². The third-order valence-electron chi connectivity index (χ3n) is 3.57. The van der Waals surface area contributed by atoms with E-state index in [1.807, 2.05) is 20.8 Å². The Bertz CT molecular complexity index is 631. The summed E-state index contributed by atoms with van der Waals surface area (Å²) in [6.45, 7) is 5.56. The lowest BCUT2D eigenvalue weighted by Crippen LogP contribution is -2.38. The summed E-state index contributed by atoms with van der Waals surface area (Å²) >= 11 is 1.42. The first-order chi connectivity index (χ1) is 10.9. The van der Waals surface area contributed by atoms with Crippen LogP contribution < -0.4 is 10.6 Å². The van der Waals surface area contributed by atoms with E-state index in [1.54, 1.807) is 18.2 Å². The predicted octanol–water partition coefficient (Wildman–Crippen LogP) is 2.05. The van der Waals surface area contributed by atoms with Crippen molar-refractivity contribution in [1.82, 2.24) is 5.32 Å². The van der Waals surface area contributed by atoms with Gasteiger partial charge in [-0.05, 0) is 31.0 Å². The van der Waals surface area contributed by atoms with Gasteiger partial charge in [-0.3, -0.25) is 9.59 Å². The SMILES string of the molecule is CC(C)[C@@H](C)NC(=O)COC(=O)c1ccc2c(c1)NC(=O)CS2. The summed E-state index contributed by atoms with van der Waals surface area (Å²) in [5, 5.41) is 5.48. The van der Waals surface area contributed by atoms with Crippen molar-refractivity contribution in [3.05, 3.63) is 23.8 Å². The predicted molar refractivity (Wildman–Crippen MR) is 88.5 cm³/mol. The van der Waals surface area contributed by atoms with E-state index in [1.165, 1.54) is 11.8 Å². The molecular weight excluding hydrogens is 316 g/mol. The fourth-order valence-electron chi connectivity index (χ4n) is 1.89. The zero-order valence-corrected chi connectivity index (χ0v) is 14.2. The van der Waals surface area contributed by atoms with Gasteiger partial charge < -0.3 is 15.4 Å². The summed E-state index contributed by atoms with van der Waals surface area (Å²) in [6, 6.07) is 4.96. The van der Waals surface area contributed by atoms with E-state index in [2.05, 4.69) is 10.6 Å². The van der Waals surface area contributed by atoms with Crippen LogP contribution in [0, 0.1) is 5.92 Å². The highest BCUT2D eigenvalue weighted by Gasteiger charge is 2.19. The van der Waals surface area contributed by atoms with Gasteiger partial charge in [-0.2, -0.15) is 0 Å². The van der Waals surface area contributed by atoms with E-state index in [9.17, 15) is 14.4 Å². The van der Waals surface area contributed by atoms with Crippen LogP contribution in [0.1, 0.15) is 31.1 Å². The van der Waals surface area contributed by atoms with Crippen LogP contribution in [-0.4, -0.2) is 36.2 Å². The first-order valence-corrected chi connectivity index (χ1v) is 8.38. The number of fused-ring (bicyclic) bond motifs is 1. The number of amides is 2. The summed E-state index contributed by atoms with van der Waals surface area (Å²) in [5.41, 5.74) is 0.898. The van der Waals surface area contributed by atoms with E-state index in [4.69, 9.17) is 4.74 Å². The van der Waals surface area contributed by atoms with Gasteiger partial charge in [0.2, 0.25) is 5.91 Å². The quantitative estimate of drug-likeness (QED) is 0.804. The van der Waals surface area contributed by atoms with Crippen molar-refractivity contribution in [1.29, 1.82) is 0 Å². The number of rotatable bonds is 5. The molecule has 1 aromatic rings. The Balaban J connectivity index is 1.92. The van der Waals surface area contributed by atoms with Gasteiger partial charge in [0.05, 0.1) is 17.0 Å². The highest BCUT2D eigenvalue weighted by molar-refractivity contribution is 8.00.